The van der Waals surface area contributed by atoms with E-state index in [4.69, 9.17) is 10.6 Å². The lowest BCUT2D eigenvalue weighted by atomic mass is 10.1. The summed E-state index contributed by atoms with van der Waals surface area (Å²) >= 11 is 0. The van der Waals surface area contributed by atoms with Crippen molar-refractivity contribution in [2.75, 3.05) is 32.2 Å². The third-order valence-corrected chi connectivity index (χ3v) is 2.61. The molecule has 20 heavy (non-hydrogen) atoms. The molecular weight excluding hydrogens is 260 g/mol. The Morgan fingerprint density at radius 2 is 2.05 bits per heavy atom. The Kier molecular flexibility index (Phi) is 6.48. The molecule has 1 aromatic rings. The van der Waals surface area contributed by atoms with Crippen LogP contribution in [0.25, 0.3) is 0 Å². The van der Waals surface area contributed by atoms with Crippen molar-refractivity contribution in [3.05, 3.63) is 29.3 Å². The molecule has 1 aromatic carbocycles. The van der Waals surface area contributed by atoms with Gasteiger partial charge in [0.25, 0.3) is 5.91 Å². The van der Waals surface area contributed by atoms with Crippen molar-refractivity contribution in [3.63, 3.8) is 0 Å². The molecule has 110 valence electrons. The smallest absolute Gasteiger partial charge is 0.253 e. The molecule has 7 nitrogen and oxygen atoms in total. The summed E-state index contributed by atoms with van der Waals surface area (Å²) in [5, 5.41) is 5.14. The molecule has 0 radical (unpaired) electrons. The fraction of sp³-hybridized carbons (Fsp3) is 0.385. The van der Waals surface area contributed by atoms with Crippen molar-refractivity contribution in [1.29, 1.82) is 0 Å². The molecule has 0 spiro atoms. The zero-order valence-corrected chi connectivity index (χ0v) is 11.7. The van der Waals surface area contributed by atoms with Crippen LogP contribution < -0.4 is 21.9 Å². The number of hydrazine groups is 1. The summed E-state index contributed by atoms with van der Waals surface area (Å²) in [6.45, 7) is 2.64. The second kappa shape index (κ2) is 8.13. The van der Waals surface area contributed by atoms with E-state index in [9.17, 15) is 9.59 Å². The molecule has 0 fully saturated rings. The molecule has 7 heteroatoms. The van der Waals surface area contributed by atoms with Crippen LogP contribution in [0.1, 0.15) is 15.9 Å². The summed E-state index contributed by atoms with van der Waals surface area (Å²) in [7, 11) is 1.55. The molecule has 0 atom stereocenters. The van der Waals surface area contributed by atoms with E-state index in [1.807, 2.05) is 6.92 Å². The molecule has 5 N–H and O–H groups in total. The van der Waals surface area contributed by atoms with Gasteiger partial charge in [0, 0.05) is 13.7 Å². The third-order valence-electron chi connectivity index (χ3n) is 2.61. The van der Waals surface area contributed by atoms with Crippen LogP contribution in [0.2, 0.25) is 0 Å². The number of carbonyl (C=O) groups excluding carboxylic acids is 2. The van der Waals surface area contributed by atoms with Gasteiger partial charge in [-0.2, -0.15) is 0 Å². The van der Waals surface area contributed by atoms with Gasteiger partial charge in [0.05, 0.1) is 24.4 Å². The summed E-state index contributed by atoms with van der Waals surface area (Å²) in [6.07, 6.45) is 0. The fourth-order valence-corrected chi connectivity index (χ4v) is 1.59. The van der Waals surface area contributed by atoms with Crippen LogP contribution in [0.5, 0.6) is 0 Å². The molecule has 2 amide bonds. The molecule has 0 aromatic heterocycles. The number of hydrogen-bond acceptors (Lipinski definition) is 5. The van der Waals surface area contributed by atoms with E-state index in [1.165, 1.54) is 0 Å². The Labute approximate surface area is 117 Å². The van der Waals surface area contributed by atoms with E-state index in [0.29, 0.717) is 24.4 Å². The van der Waals surface area contributed by atoms with E-state index in [-0.39, 0.29) is 18.4 Å². The van der Waals surface area contributed by atoms with E-state index >= 15 is 0 Å². The highest BCUT2D eigenvalue weighted by Crippen LogP contribution is 2.16. The topological polar surface area (TPSA) is 105 Å². The lowest BCUT2D eigenvalue weighted by molar-refractivity contribution is -0.120. The summed E-state index contributed by atoms with van der Waals surface area (Å²) in [5.41, 5.74) is 4.35. The summed E-state index contributed by atoms with van der Waals surface area (Å²) in [6, 6.07) is 5.21. The Hall–Kier alpha value is -2.12. The van der Waals surface area contributed by atoms with Crippen LogP contribution >= 0.6 is 0 Å². The minimum atomic E-state index is -0.361. The molecule has 0 saturated carbocycles. The maximum absolute atomic E-state index is 12.0. The van der Waals surface area contributed by atoms with Gasteiger partial charge in [0.1, 0.15) is 0 Å². The SMILES string of the molecule is COCCNC(=O)CNC(=O)c1ccc(C)cc1NN. The lowest BCUT2D eigenvalue weighted by Gasteiger charge is -2.10. The lowest BCUT2D eigenvalue weighted by Crippen LogP contribution is -2.38. The number of nitrogens with one attached hydrogen (secondary N) is 3. The number of ether oxygens (including phenoxy) is 1. The molecular formula is C13H20N4O3. The largest absolute Gasteiger partial charge is 0.383 e. The van der Waals surface area contributed by atoms with Crippen molar-refractivity contribution >= 4 is 17.5 Å². The first-order valence-corrected chi connectivity index (χ1v) is 6.19. The zero-order chi connectivity index (χ0) is 15.0. The highest BCUT2D eigenvalue weighted by atomic mass is 16.5. The molecule has 0 aliphatic carbocycles. The van der Waals surface area contributed by atoms with Gasteiger partial charge in [0.2, 0.25) is 5.91 Å². The number of carbonyl (C=O) groups is 2. The van der Waals surface area contributed by atoms with E-state index in [2.05, 4.69) is 16.1 Å². The van der Waals surface area contributed by atoms with Crippen LogP contribution in [-0.4, -0.2) is 38.6 Å². The predicted octanol–water partition coefficient (Wildman–Crippen LogP) is -0.227. The minimum absolute atomic E-state index is 0.0968. The minimum Gasteiger partial charge on any atom is -0.383 e. The van der Waals surface area contributed by atoms with Gasteiger partial charge < -0.3 is 20.8 Å². The number of methoxy groups -OCH3 is 1. The van der Waals surface area contributed by atoms with E-state index in [1.54, 1.807) is 25.3 Å². The molecule has 0 saturated heterocycles. The average molecular weight is 280 g/mol. The summed E-state index contributed by atoms with van der Waals surface area (Å²) in [4.78, 5) is 23.4. The standard InChI is InChI=1S/C13H20N4O3/c1-9-3-4-10(11(7-9)17-14)13(19)16-8-12(18)15-5-6-20-2/h3-4,7,17H,5-6,8,14H2,1-2H3,(H,15,18)(H,16,19). The first-order chi connectivity index (χ1) is 9.58. The number of anilines is 1. The van der Waals surface area contributed by atoms with Crippen LogP contribution in [0, 0.1) is 6.92 Å². The number of hydrogen-bond donors (Lipinski definition) is 4. The van der Waals surface area contributed by atoms with Gasteiger partial charge in [-0.1, -0.05) is 6.07 Å². The van der Waals surface area contributed by atoms with Crippen molar-refractivity contribution in [3.8, 4) is 0 Å². The Morgan fingerprint density at radius 1 is 1.30 bits per heavy atom. The number of aryl methyl sites for hydroxylation is 1. The van der Waals surface area contributed by atoms with Gasteiger partial charge in [-0.3, -0.25) is 15.4 Å². The quantitative estimate of drug-likeness (QED) is 0.314. The molecule has 0 unspecified atom stereocenters. The third kappa shape index (κ3) is 4.87. The monoisotopic (exact) mass is 280 g/mol. The van der Waals surface area contributed by atoms with Gasteiger partial charge in [-0.15, -0.1) is 0 Å². The highest BCUT2D eigenvalue weighted by molar-refractivity contribution is 6.01. The van der Waals surface area contributed by atoms with Crippen molar-refractivity contribution in [2.24, 2.45) is 5.84 Å². The number of nitrogens with two attached hydrogens (primary N) is 1. The highest BCUT2D eigenvalue weighted by Gasteiger charge is 2.12. The Morgan fingerprint density at radius 3 is 2.70 bits per heavy atom. The fourth-order valence-electron chi connectivity index (χ4n) is 1.59. The first kappa shape index (κ1) is 15.9. The van der Waals surface area contributed by atoms with E-state index in [0.717, 1.165) is 5.56 Å². The van der Waals surface area contributed by atoms with Crippen LogP contribution in [-0.2, 0) is 9.53 Å². The Balaban J connectivity index is 2.52. The summed E-state index contributed by atoms with van der Waals surface area (Å²) < 4.78 is 4.80. The van der Waals surface area contributed by atoms with Crippen molar-refractivity contribution in [2.45, 2.75) is 6.92 Å². The molecule has 0 aliphatic rings. The number of rotatable bonds is 7. The van der Waals surface area contributed by atoms with Crippen LogP contribution in [0.3, 0.4) is 0 Å². The maximum atomic E-state index is 12.0. The molecule has 1 rings (SSSR count). The van der Waals surface area contributed by atoms with Gasteiger partial charge >= 0.3 is 0 Å². The zero-order valence-electron chi connectivity index (χ0n) is 11.7. The van der Waals surface area contributed by atoms with E-state index < -0.39 is 0 Å². The Bertz CT molecular complexity index is 477. The molecule has 0 aliphatic heterocycles. The average Bonchev–Trinajstić information content (AvgIpc) is 2.44. The van der Waals surface area contributed by atoms with Crippen molar-refractivity contribution in [1.82, 2.24) is 10.6 Å². The second-order valence-electron chi connectivity index (χ2n) is 4.22. The normalized spacial score (nSPS) is 9.95. The number of amides is 2. The predicted molar refractivity (Wildman–Crippen MR) is 76.2 cm³/mol. The molecule has 0 heterocycles. The van der Waals surface area contributed by atoms with Gasteiger partial charge in [0.15, 0.2) is 0 Å². The van der Waals surface area contributed by atoms with Crippen molar-refractivity contribution < 1.29 is 14.3 Å². The van der Waals surface area contributed by atoms with Gasteiger partial charge in [-0.05, 0) is 24.6 Å². The molecule has 0 bridgehead atoms. The maximum Gasteiger partial charge on any atom is 0.253 e. The number of nitrogen functional groups attached to an aromatic ring is 1. The number of benzene rings is 1. The first-order valence-electron chi connectivity index (χ1n) is 6.19. The van der Waals surface area contributed by atoms with Crippen LogP contribution in [0.4, 0.5) is 5.69 Å². The second-order valence-corrected chi connectivity index (χ2v) is 4.22. The van der Waals surface area contributed by atoms with Crippen LogP contribution in [0.15, 0.2) is 18.2 Å². The van der Waals surface area contributed by atoms with Gasteiger partial charge in [-0.25, -0.2) is 0 Å². The summed E-state index contributed by atoms with van der Waals surface area (Å²) in [5.74, 6) is 4.74.